The standard InChI is InChI=1S/C30H34O12/c1-13-22(33)40-20-19(32)28-17-11-16(26(2,3)4)27(28)21(38-12-15-8-6-14(7-9-15)10-18(31)37-5)23(34)41-25(27)42-30(28,24(35)39-17)29(13,20)36/h6-9,13,16-17,19-21,25,32,36H,10-12H2,1-5H3/t13-,16?,17?,19+,20?,21+,25?,27?,28?,29-,30?/m1/s1. The van der Waals surface area contributed by atoms with E-state index in [-0.39, 0.29) is 25.4 Å². The molecule has 0 aromatic heterocycles. The molecular weight excluding hydrogens is 552 g/mol. The zero-order valence-corrected chi connectivity index (χ0v) is 23.9. The lowest BCUT2D eigenvalue weighted by molar-refractivity contribution is -0.240. The van der Waals surface area contributed by atoms with Crippen molar-refractivity contribution in [3.8, 4) is 0 Å². The fraction of sp³-hybridized carbons (Fsp3) is 0.667. The number of carbonyl (C=O) groups is 4. The summed E-state index contributed by atoms with van der Waals surface area (Å²) < 4.78 is 34.8. The lowest BCUT2D eigenvalue weighted by atomic mass is 9.51. The molecule has 2 aliphatic carbocycles. The first-order valence-electron chi connectivity index (χ1n) is 14.2. The summed E-state index contributed by atoms with van der Waals surface area (Å²) in [7, 11) is 1.32. The molecule has 1 aromatic carbocycles. The summed E-state index contributed by atoms with van der Waals surface area (Å²) in [6, 6.07) is 7.04. The minimum Gasteiger partial charge on any atom is -0.469 e. The Bertz CT molecular complexity index is 1400. The van der Waals surface area contributed by atoms with Gasteiger partial charge in [-0.15, -0.1) is 0 Å². The van der Waals surface area contributed by atoms with Crippen molar-refractivity contribution in [2.45, 2.75) is 89.1 Å². The van der Waals surface area contributed by atoms with Crippen LogP contribution in [0.2, 0.25) is 0 Å². The summed E-state index contributed by atoms with van der Waals surface area (Å²) in [6.45, 7) is 7.31. The van der Waals surface area contributed by atoms with E-state index in [4.69, 9.17) is 28.4 Å². The van der Waals surface area contributed by atoms with Crippen molar-refractivity contribution in [2.75, 3.05) is 7.11 Å². The van der Waals surface area contributed by atoms with E-state index < -0.39 is 87.9 Å². The van der Waals surface area contributed by atoms with Gasteiger partial charge in [0.15, 0.2) is 17.8 Å². The maximum Gasteiger partial charge on any atom is 0.343 e. The van der Waals surface area contributed by atoms with Crippen LogP contribution in [0.1, 0.15) is 45.2 Å². The number of methoxy groups -OCH3 is 1. The van der Waals surface area contributed by atoms with Crippen LogP contribution in [0.3, 0.4) is 0 Å². The van der Waals surface area contributed by atoms with E-state index in [1.807, 2.05) is 20.8 Å². The van der Waals surface area contributed by atoms with Crippen molar-refractivity contribution in [2.24, 2.45) is 28.1 Å². The Morgan fingerprint density at radius 2 is 1.71 bits per heavy atom. The molecular formula is C30H34O12. The molecule has 4 heterocycles. The number of aliphatic hydroxyl groups excluding tert-OH is 1. The van der Waals surface area contributed by atoms with Crippen molar-refractivity contribution in [1.82, 2.24) is 0 Å². The van der Waals surface area contributed by atoms with Crippen LogP contribution < -0.4 is 0 Å². The predicted octanol–water partition coefficient (Wildman–Crippen LogP) is 0.571. The molecule has 12 nitrogen and oxygen atoms in total. The summed E-state index contributed by atoms with van der Waals surface area (Å²) in [5.41, 5.74) is -6.79. The molecule has 7 unspecified atom stereocenters. The number of fused-ring (bicyclic) bond motifs is 1. The third-order valence-corrected chi connectivity index (χ3v) is 11.0. The molecule has 0 amide bonds. The number of ether oxygens (including phenoxy) is 6. The van der Waals surface area contributed by atoms with E-state index >= 15 is 0 Å². The van der Waals surface area contributed by atoms with Crippen LogP contribution in [0.5, 0.6) is 0 Å². The molecule has 4 saturated heterocycles. The van der Waals surface area contributed by atoms with E-state index in [9.17, 15) is 29.4 Å². The van der Waals surface area contributed by atoms with Crippen molar-refractivity contribution in [1.29, 1.82) is 0 Å². The number of carbonyl (C=O) groups excluding carboxylic acids is 4. The number of esters is 4. The molecule has 12 heteroatoms. The highest BCUT2D eigenvalue weighted by atomic mass is 16.8. The monoisotopic (exact) mass is 586 g/mol. The van der Waals surface area contributed by atoms with Gasteiger partial charge in [-0.25, -0.2) is 9.59 Å². The molecule has 0 bridgehead atoms. The average molecular weight is 587 g/mol. The molecule has 6 aliphatic rings. The van der Waals surface area contributed by atoms with Gasteiger partial charge in [0.25, 0.3) is 0 Å². The molecule has 2 saturated carbocycles. The summed E-state index contributed by atoms with van der Waals surface area (Å²) in [5, 5.41) is 24.4. The Kier molecular flexibility index (Phi) is 5.49. The van der Waals surface area contributed by atoms with Crippen LogP contribution in [-0.4, -0.2) is 83.1 Å². The van der Waals surface area contributed by atoms with E-state index in [2.05, 4.69) is 0 Å². The molecule has 11 atom stereocenters. The smallest absolute Gasteiger partial charge is 0.343 e. The van der Waals surface area contributed by atoms with E-state index in [1.165, 1.54) is 14.0 Å². The zero-order valence-electron chi connectivity index (χ0n) is 23.9. The van der Waals surface area contributed by atoms with E-state index in [1.54, 1.807) is 24.3 Å². The Hall–Kier alpha value is -3.06. The number of rotatable bonds is 5. The minimum absolute atomic E-state index is 0.0403. The first-order valence-corrected chi connectivity index (χ1v) is 14.2. The van der Waals surface area contributed by atoms with Gasteiger partial charge in [0, 0.05) is 0 Å². The molecule has 2 spiro atoms. The Labute approximate surface area is 241 Å². The third-order valence-electron chi connectivity index (χ3n) is 11.0. The zero-order chi connectivity index (χ0) is 30.2. The molecule has 42 heavy (non-hydrogen) atoms. The van der Waals surface area contributed by atoms with Crippen LogP contribution in [0.25, 0.3) is 0 Å². The van der Waals surface area contributed by atoms with Crippen molar-refractivity contribution >= 4 is 23.9 Å². The summed E-state index contributed by atoms with van der Waals surface area (Å²) in [6.07, 6.45) is -6.39. The summed E-state index contributed by atoms with van der Waals surface area (Å²) in [5.74, 6) is -4.47. The maximum absolute atomic E-state index is 13.9. The molecule has 2 N–H and O–H groups in total. The Balaban J connectivity index is 1.35. The van der Waals surface area contributed by atoms with Gasteiger partial charge in [0.2, 0.25) is 11.9 Å². The molecule has 4 aliphatic heterocycles. The highest BCUT2D eigenvalue weighted by Crippen LogP contribution is 2.84. The number of hydrogen-bond acceptors (Lipinski definition) is 12. The van der Waals surface area contributed by atoms with Gasteiger partial charge in [0.05, 0.1) is 36.9 Å². The van der Waals surface area contributed by atoms with Crippen LogP contribution in [0.15, 0.2) is 24.3 Å². The fourth-order valence-electron chi connectivity index (χ4n) is 9.47. The topological polar surface area (TPSA) is 164 Å². The van der Waals surface area contributed by atoms with Crippen LogP contribution >= 0.6 is 0 Å². The molecule has 226 valence electrons. The van der Waals surface area contributed by atoms with Gasteiger partial charge in [0.1, 0.15) is 12.2 Å². The van der Waals surface area contributed by atoms with Crippen molar-refractivity contribution < 1.29 is 57.8 Å². The second-order valence-corrected chi connectivity index (χ2v) is 13.5. The highest BCUT2D eigenvalue weighted by Gasteiger charge is 3.04. The normalized spacial score (nSPS) is 46.1. The first-order chi connectivity index (χ1) is 19.7. The summed E-state index contributed by atoms with van der Waals surface area (Å²) >= 11 is 0. The minimum atomic E-state index is -2.27. The Morgan fingerprint density at radius 3 is 2.36 bits per heavy atom. The van der Waals surface area contributed by atoms with Gasteiger partial charge in [-0.3, -0.25) is 9.59 Å². The van der Waals surface area contributed by atoms with Crippen molar-refractivity contribution in [3.63, 3.8) is 0 Å². The second-order valence-electron chi connectivity index (χ2n) is 13.5. The highest BCUT2D eigenvalue weighted by molar-refractivity contribution is 5.94. The molecule has 7 rings (SSSR count). The second kappa shape index (κ2) is 8.31. The van der Waals surface area contributed by atoms with E-state index in [0.29, 0.717) is 5.56 Å². The summed E-state index contributed by atoms with van der Waals surface area (Å²) in [4.78, 5) is 51.9. The number of aliphatic hydroxyl groups is 2. The first kappa shape index (κ1) is 27.8. The fourth-order valence-corrected chi connectivity index (χ4v) is 9.47. The maximum atomic E-state index is 13.9. The lowest BCUT2D eigenvalue weighted by Gasteiger charge is -2.48. The Morgan fingerprint density at radius 1 is 1.05 bits per heavy atom. The van der Waals surface area contributed by atoms with Gasteiger partial charge in [-0.05, 0) is 35.8 Å². The molecule has 0 radical (unpaired) electrons. The third kappa shape index (κ3) is 2.74. The molecule has 1 aromatic rings. The lowest BCUT2D eigenvalue weighted by Crippen LogP contribution is -2.67. The number of benzene rings is 1. The van der Waals surface area contributed by atoms with Gasteiger partial charge >= 0.3 is 23.9 Å². The quantitative estimate of drug-likeness (QED) is 0.365. The predicted molar refractivity (Wildman–Crippen MR) is 137 cm³/mol. The largest absolute Gasteiger partial charge is 0.469 e. The number of hydrogen-bond donors (Lipinski definition) is 2. The van der Waals surface area contributed by atoms with Gasteiger partial charge in [-0.2, -0.15) is 0 Å². The average Bonchev–Trinajstić information content (AvgIpc) is 3.65. The van der Waals surface area contributed by atoms with Crippen LogP contribution in [0, 0.1) is 28.1 Å². The van der Waals surface area contributed by atoms with Crippen molar-refractivity contribution in [3.05, 3.63) is 35.4 Å². The van der Waals surface area contributed by atoms with E-state index in [0.717, 1.165) is 5.56 Å². The SMILES string of the molecule is COC(=O)Cc1ccc(CO[C@H]2C(=O)OC3OC45C(=O)OC6CC(C(C)(C)C)C32C64[C@@H](O)C2OC(=O)[C@@H](C)[C@@]25O)cc1. The van der Waals surface area contributed by atoms with Crippen LogP contribution in [0.4, 0.5) is 0 Å². The molecule has 6 fully saturated rings. The van der Waals surface area contributed by atoms with Crippen LogP contribution in [-0.2, 0) is 60.6 Å². The van der Waals surface area contributed by atoms with Gasteiger partial charge in [-0.1, -0.05) is 45.0 Å². The van der Waals surface area contributed by atoms with Gasteiger partial charge < -0.3 is 38.6 Å².